The maximum Gasteiger partial charge on any atom is 0.201 e. The molecule has 0 spiro atoms. The van der Waals surface area contributed by atoms with E-state index in [-0.39, 0.29) is 17.1 Å². The smallest absolute Gasteiger partial charge is 0.201 e. The molecule has 0 aliphatic heterocycles. The summed E-state index contributed by atoms with van der Waals surface area (Å²) < 4.78 is 5.48. The molecule has 3 unspecified atom stereocenters. The van der Waals surface area contributed by atoms with Gasteiger partial charge in [0.1, 0.15) is 0 Å². The summed E-state index contributed by atoms with van der Waals surface area (Å²) >= 11 is 0. The second-order valence-electron chi connectivity index (χ2n) is 6.16. The fourth-order valence-electron chi connectivity index (χ4n) is 3.79. The van der Waals surface area contributed by atoms with Crippen LogP contribution in [0.15, 0.2) is 10.7 Å². The number of rotatable bonds is 0. The van der Waals surface area contributed by atoms with Gasteiger partial charge in [-0.05, 0) is 36.7 Å². The van der Waals surface area contributed by atoms with E-state index in [2.05, 4.69) is 13.8 Å². The zero-order valence-corrected chi connectivity index (χ0v) is 10.9. The second kappa shape index (κ2) is 3.47. The van der Waals surface area contributed by atoms with Crippen molar-refractivity contribution in [2.24, 2.45) is 17.3 Å². The molecule has 2 aliphatic carbocycles. The lowest BCUT2D eigenvalue weighted by Crippen LogP contribution is -2.46. The Hall–Kier alpha value is -1.05. The number of aryl methyl sites for hydroxylation is 1. The second-order valence-corrected chi connectivity index (χ2v) is 6.16. The average Bonchev–Trinajstić information content (AvgIpc) is 2.64. The summed E-state index contributed by atoms with van der Waals surface area (Å²) in [4.78, 5) is 12.5. The minimum absolute atomic E-state index is 0.150. The van der Waals surface area contributed by atoms with Crippen LogP contribution >= 0.6 is 0 Å². The predicted octanol–water partition coefficient (Wildman–Crippen LogP) is 3.77. The Kier molecular flexibility index (Phi) is 2.26. The van der Waals surface area contributed by atoms with E-state index in [1.807, 2.05) is 6.92 Å². The first-order valence-corrected chi connectivity index (χ1v) is 6.65. The van der Waals surface area contributed by atoms with Crippen molar-refractivity contribution in [3.8, 4) is 0 Å². The number of ketones is 1. The highest BCUT2D eigenvalue weighted by Gasteiger charge is 2.50. The van der Waals surface area contributed by atoms with E-state index >= 15 is 0 Å². The molecule has 92 valence electrons. The van der Waals surface area contributed by atoms with E-state index in [4.69, 9.17) is 4.42 Å². The lowest BCUT2D eigenvalue weighted by atomic mass is 9.55. The average molecular weight is 232 g/mol. The first kappa shape index (κ1) is 11.1. The highest BCUT2D eigenvalue weighted by Crippen LogP contribution is 2.52. The van der Waals surface area contributed by atoms with Crippen molar-refractivity contribution in [1.82, 2.24) is 0 Å². The van der Waals surface area contributed by atoms with Crippen molar-refractivity contribution in [2.75, 3.05) is 0 Å². The summed E-state index contributed by atoms with van der Waals surface area (Å²) in [6.45, 7) is 6.65. The maximum atomic E-state index is 12.5. The van der Waals surface area contributed by atoms with Gasteiger partial charge in [0, 0.05) is 11.5 Å². The van der Waals surface area contributed by atoms with Crippen molar-refractivity contribution in [2.45, 2.75) is 46.5 Å². The van der Waals surface area contributed by atoms with Gasteiger partial charge in [-0.2, -0.15) is 0 Å². The SMILES string of the molecule is Cc1coc2c1CC1(C)C(C)CCCC1C2=O. The topological polar surface area (TPSA) is 30.2 Å². The largest absolute Gasteiger partial charge is 0.461 e. The first-order chi connectivity index (χ1) is 8.04. The van der Waals surface area contributed by atoms with Crippen LogP contribution in [0.3, 0.4) is 0 Å². The molecule has 3 atom stereocenters. The molecule has 1 aromatic heterocycles. The minimum Gasteiger partial charge on any atom is -0.461 e. The third-order valence-corrected chi connectivity index (χ3v) is 5.25. The van der Waals surface area contributed by atoms with Crippen LogP contribution in [0.25, 0.3) is 0 Å². The summed E-state index contributed by atoms with van der Waals surface area (Å²) in [7, 11) is 0. The maximum absolute atomic E-state index is 12.5. The van der Waals surface area contributed by atoms with Gasteiger partial charge in [-0.3, -0.25) is 4.79 Å². The van der Waals surface area contributed by atoms with Crippen molar-refractivity contribution in [3.63, 3.8) is 0 Å². The molecule has 1 heterocycles. The van der Waals surface area contributed by atoms with Gasteiger partial charge in [0.05, 0.1) is 6.26 Å². The molecule has 3 rings (SSSR count). The molecule has 2 heteroatoms. The Morgan fingerprint density at radius 3 is 2.94 bits per heavy atom. The normalized spacial score (nSPS) is 36.5. The molecule has 1 saturated carbocycles. The Morgan fingerprint density at radius 1 is 1.41 bits per heavy atom. The molecule has 0 amide bonds. The number of hydrogen-bond donors (Lipinski definition) is 0. The Bertz CT molecular complexity index is 471. The van der Waals surface area contributed by atoms with E-state index in [1.165, 1.54) is 18.4 Å². The van der Waals surface area contributed by atoms with Crippen LogP contribution in [0.4, 0.5) is 0 Å². The van der Waals surface area contributed by atoms with Crippen LogP contribution in [0.5, 0.6) is 0 Å². The van der Waals surface area contributed by atoms with Gasteiger partial charge in [0.15, 0.2) is 5.76 Å². The van der Waals surface area contributed by atoms with Crippen LogP contribution in [0.2, 0.25) is 0 Å². The monoisotopic (exact) mass is 232 g/mol. The molecular formula is C15H20O2. The Morgan fingerprint density at radius 2 is 2.18 bits per heavy atom. The third kappa shape index (κ3) is 1.36. The lowest BCUT2D eigenvalue weighted by Gasteiger charge is -2.47. The van der Waals surface area contributed by atoms with Crippen molar-refractivity contribution in [1.29, 1.82) is 0 Å². The number of Topliss-reactive ketones (excluding diaryl/α,β-unsaturated/α-hetero) is 1. The molecule has 0 radical (unpaired) electrons. The first-order valence-electron chi connectivity index (χ1n) is 6.65. The van der Waals surface area contributed by atoms with E-state index in [0.29, 0.717) is 11.7 Å². The van der Waals surface area contributed by atoms with Crippen LogP contribution < -0.4 is 0 Å². The van der Waals surface area contributed by atoms with Gasteiger partial charge >= 0.3 is 0 Å². The fourth-order valence-corrected chi connectivity index (χ4v) is 3.79. The third-order valence-electron chi connectivity index (χ3n) is 5.25. The summed E-state index contributed by atoms with van der Waals surface area (Å²) in [5, 5.41) is 0. The highest BCUT2D eigenvalue weighted by atomic mass is 16.3. The van der Waals surface area contributed by atoms with Gasteiger partial charge in [-0.1, -0.05) is 26.7 Å². The van der Waals surface area contributed by atoms with Gasteiger partial charge in [-0.25, -0.2) is 0 Å². The predicted molar refractivity (Wildman–Crippen MR) is 66.1 cm³/mol. The van der Waals surface area contributed by atoms with Crippen molar-refractivity contribution in [3.05, 3.63) is 23.2 Å². The molecule has 1 aromatic rings. The van der Waals surface area contributed by atoms with E-state index in [1.54, 1.807) is 6.26 Å². The molecule has 0 bridgehead atoms. The van der Waals surface area contributed by atoms with Crippen LogP contribution in [0, 0.1) is 24.2 Å². The van der Waals surface area contributed by atoms with Crippen molar-refractivity contribution < 1.29 is 9.21 Å². The molecular weight excluding hydrogens is 212 g/mol. The standard InChI is InChI=1S/C15H20O2/c1-9-8-17-14-11(9)7-15(3)10(2)5-4-6-12(15)13(14)16/h8,10,12H,4-7H2,1-3H3. The van der Waals surface area contributed by atoms with Gasteiger partial charge < -0.3 is 4.42 Å². The number of furan rings is 1. The minimum atomic E-state index is 0.150. The zero-order chi connectivity index (χ0) is 12.2. The Labute approximate surface area is 102 Å². The number of carbonyl (C=O) groups is 1. The van der Waals surface area contributed by atoms with Gasteiger partial charge in [-0.15, -0.1) is 0 Å². The number of fused-ring (bicyclic) bond motifs is 2. The molecule has 2 nitrogen and oxygen atoms in total. The van der Waals surface area contributed by atoms with Gasteiger partial charge in [0.2, 0.25) is 5.78 Å². The fraction of sp³-hybridized carbons (Fsp3) is 0.667. The molecule has 2 aliphatic rings. The summed E-state index contributed by atoms with van der Waals surface area (Å²) in [6, 6.07) is 0. The van der Waals surface area contributed by atoms with E-state index in [9.17, 15) is 4.79 Å². The molecule has 1 fully saturated rings. The summed E-state index contributed by atoms with van der Waals surface area (Å²) in [5.74, 6) is 1.73. The Balaban J connectivity index is 2.12. The van der Waals surface area contributed by atoms with Crippen LogP contribution in [-0.4, -0.2) is 5.78 Å². The van der Waals surface area contributed by atoms with Crippen LogP contribution in [0.1, 0.15) is 54.8 Å². The summed E-state index contributed by atoms with van der Waals surface area (Å²) in [6.07, 6.45) is 6.24. The molecule has 0 saturated heterocycles. The molecule has 0 aromatic carbocycles. The van der Waals surface area contributed by atoms with Crippen LogP contribution in [-0.2, 0) is 6.42 Å². The van der Waals surface area contributed by atoms with Crippen molar-refractivity contribution >= 4 is 5.78 Å². The number of carbonyl (C=O) groups excluding carboxylic acids is 1. The lowest BCUT2D eigenvalue weighted by molar-refractivity contribution is 0.0317. The highest BCUT2D eigenvalue weighted by molar-refractivity contribution is 5.98. The van der Waals surface area contributed by atoms with E-state index < -0.39 is 0 Å². The van der Waals surface area contributed by atoms with Gasteiger partial charge in [0.25, 0.3) is 0 Å². The summed E-state index contributed by atoms with van der Waals surface area (Å²) in [5.41, 5.74) is 2.46. The quantitative estimate of drug-likeness (QED) is 0.681. The van der Waals surface area contributed by atoms with E-state index in [0.717, 1.165) is 18.4 Å². The number of hydrogen-bond acceptors (Lipinski definition) is 2. The molecule has 0 N–H and O–H groups in total. The molecule has 17 heavy (non-hydrogen) atoms. The zero-order valence-electron chi connectivity index (χ0n) is 10.9.